The van der Waals surface area contributed by atoms with Crippen LogP contribution >= 0.6 is 0 Å². The highest BCUT2D eigenvalue weighted by Crippen LogP contribution is 2.21. The first-order valence-corrected chi connectivity index (χ1v) is 10.1. The number of rotatable bonds is 6. The van der Waals surface area contributed by atoms with Crippen LogP contribution in [0.25, 0.3) is 11.1 Å². The maximum Gasteiger partial charge on any atom is 0.343 e. The Bertz CT molecular complexity index is 1200. The molecule has 158 valence electrons. The van der Waals surface area contributed by atoms with Gasteiger partial charge in [0, 0.05) is 11.3 Å². The monoisotopic (exact) mass is 423 g/mol. The molecule has 0 bridgehead atoms. The van der Waals surface area contributed by atoms with Crippen molar-refractivity contribution in [2.45, 2.75) is 0 Å². The average molecular weight is 423 g/mol. The number of benzene rings is 4. The first kappa shape index (κ1) is 20.9. The van der Waals surface area contributed by atoms with E-state index in [1.165, 1.54) is 0 Å². The van der Waals surface area contributed by atoms with Crippen LogP contribution in [0.15, 0.2) is 103 Å². The van der Waals surface area contributed by atoms with Gasteiger partial charge >= 0.3 is 5.97 Å². The van der Waals surface area contributed by atoms with Crippen molar-refractivity contribution in [3.63, 3.8) is 0 Å². The minimum absolute atomic E-state index is 0.260. The fourth-order valence-electron chi connectivity index (χ4n) is 3.15. The molecule has 0 fully saturated rings. The van der Waals surface area contributed by atoms with Crippen LogP contribution in [-0.4, -0.2) is 19.0 Å². The van der Waals surface area contributed by atoms with E-state index in [2.05, 4.69) is 5.32 Å². The number of carbonyl (C=O) groups excluding carboxylic acids is 2. The van der Waals surface area contributed by atoms with Gasteiger partial charge in [0.15, 0.2) is 0 Å². The van der Waals surface area contributed by atoms with Crippen LogP contribution in [0, 0.1) is 0 Å². The Hall–Kier alpha value is -4.38. The van der Waals surface area contributed by atoms with Gasteiger partial charge in [-0.1, -0.05) is 42.5 Å². The van der Waals surface area contributed by atoms with Gasteiger partial charge in [-0.15, -0.1) is 0 Å². The molecule has 5 heteroatoms. The Labute approximate surface area is 186 Å². The van der Waals surface area contributed by atoms with E-state index in [9.17, 15) is 9.59 Å². The molecule has 0 unspecified atom stereocenters. The van der Waals surface area contributed by atoms with E-state index in [-0.39, 0.29) is 5.91 Å². The van der Waals surface area contributed by atoms with Crippen molar-refractivity contribution < 1.29 is 19.1 Å². The number of hydrogen-bond donors (Lipinski definition) is 1. The second-order valence-corrected chi connectivity index (χ2v) is 7.04. The summed E-state index contributed by atoms with van der Waals surface area (Å²) >= 11 is 0. The van der Waals surface area contributed by atoms with Crippen LogP contribution in [0.2, 0.25) is 0 Å². The second-order valence-electron chi connectivity index (χ2n) is 7.04. The van der Waals surface area contributed by atoms with Gasteiger partial charge in [0.2, 0.25) is 0 Å². The molecule has 0 spiro atoms. The Morgan fingerprint density at radius 3 is 1.81 bits per heavy atom. The molecule has 0 atom stereocenters. The molecule has 0 aromatic heterocycles. The van der Waals surface area contributed by atoms with Crippen molar-refractivity contribution in [2.24, 2.45) is 0 Å². The number of amides is 1. The summed E-state index contributed by atoms with van der Waals surface area (Å²) in [5, 5.41) is 2.81. The van der Waals surface area contributed by atoms with Crippen molar-refractivity contribution in [2.75, 3.05) is 12.4 Å². The molecule has 1 N–H and O–H groups in total. The molecule has 0 radical (unpaired) electrons. The highest BCUT2D eigenvalue weighted by atomic mass is 16.5. The summed E-state index contributed by atoms with van der Waals surface area (Å²) in [6.45, 7) is 0. The number of hydrogen-bond acceptors (Lipinski definition) is 4. The summed E-state index contributed by atoms with van der Waals surface area (Å²) in [4.78, 5) is 24.9. The summed E-state index contributed by atoms with van der Waals surface area (Å²) in [6, 6.07) is 30.7. The number of esters is 1. The summed E-state index contributed by atoms with van der Waals surface area (Å²) in [5.41, 5.74) is 3.66. The van der Waals surface area contributed by atoms with Crippen molar-refractivity contribution in [3.05, 3.63) is 114 Å². The lowest BCUT2D eigenvalue weighted by Gasteiger charge is -2.08. The first-order chi connectivity index (χ1) is 15.6. The quantitative estimate of drug-likeness (QED) is 0.313. The molecular weight excluding hydrogens is 402 g/mol. The van der Waals surface area contributed by atoms with Gasteiger partial charge in [-0.3, -0.25) is 4.79 Å². The van der Waals surface area contributed by atoms with E-state index in [0.717, 1.165) is 11.1 Å². The predicted octanol–water partition coefficient (Wildman–Crippen LogP) is 5.83. The van der Waals surface area contributed by atoms with Crippen molar-refractivity contribution >= 4 is 17.6 Å². The molecule has 0 saturated carbocycles. The maximum atomic E-state index is 12.5. The van der Waals surface area contributed by atoms with Crippen LogP contribution in [-0.2, 0) is 0 Å². The normalized spacial score (nSPS) is 10.3. The lowest BCUT2D eigenvalue weighted by molar-refractivity contribution is 0.0734. The van der Waals surface area contributed by atoms with Gasteiger partial charge in [0.25, 0.3) is 5.91 Å². The number of nitrogens with one attached hydrogen (secondary N) is 1. The zero-order chi connectivity index (χ0) is 22.3. The number of anilines is 1. The van der Waals surface area contributed by atoms with E-state index >= 15 is 0 Å². The summed E-state index contributed by atoms with van der Waals surface area (Å²) in [7, 11) is 1.59. The molecule has 4 rings (SSSR count). The van der Waals surface area contributed by atoms with Gasteiger partial charge in [-0.25, -0.2) is 4.79 Å². The zero-order valence-electron chi connectivity index (χ0n) is 17.4. The fourth-order valence-corrected chi connectivity index (χ4v) is 3.15. The topological polar surface area (TPSA) is 64.6 Å². The smallest absolute Gasteiger partial charge is 0.343 e. The summed E-state index contributed by atoms with van der Waals surface area (Å²) in [6.07, 6.45) is 0. The molecule has 0 aliphatic heterocycles. The highest BCUT2D eigenvalue weighted by molar-refractivity contribution is 6.04. The molecule has 0 aliphatic rings. The zero-order valence-corrected chi connectivity index (χ0v) is 17.4. The molecule has 4 aromatic rings. The maximum absolute atomic E-state index is 12.5. The summed E-state index contributed by atoms with van der Waals surface area (Å²) < 4.78 is 10.5. The van der Waals surface area contributed by atoms with E-state index in [4.69, 9.17) is 9.47 Å². The van der Waals surface area contributed by atoms with Crippen molar-refractivity contribution in [1.82, 2.24) is 0 Å². The Kier molecular flexibility index (Phi) is 6.28. The van der Waals surface area contributed by atoms with E-state index < -0.39 is 5.97 Å². The molecule has 0 saturated heterocycles. The lowest BCUT2D eigenvalue weighted by Crippen LogP contribution is -2.12. The predicted molar refractivity (Wildman–Crippen MR) is 124 cm³/mol. The van der Waals surface area contributed by atoms with E-state index in [1.54, 1.807) is 67.8 Å². The highest BCUT2D eigenvalue weighted by Gasteiger charge is 2.11. The Balaban J connectivity index is 1.37. The van der Waals surface area contributed by atoms with Crippen LogP contribution < -0.4 is 14.8 Å². The van der Waals surface area contributed by atoms with Gasteiger partial charge in [-0.05, 0) is 71.8 Å². The minimum Gasteiger partial charge on any atom is -0.497 e. The van der Waals surface area contributed by atoms with Gasteiger partial charge in [0.1, 0.15) is 11.5 Å². The molecule has 0 heterocycles. The van der Waals surface area contributed by atoms with Crippen molar-refractivity contribution in [3.8, 4) is 22.6 Å². The third-order valence-corrected chi connectivity index (χ3v) is 4.90. The molecule has 0 aliphatic carbocycles. The number of ether oxygens (including phenoxy) is 2. The Morgan fingerprint density at radius 2 is 1.19 bits per heavy atom. The first-order valence-electron chi connectivity index (χ1n) is 10.1. The standard InChI is InChI=1S/C27H21NO4/c1-31-24-17-13-23(14-18-24)28-26(29)21-11-15-25(16-12-21)32-27(30)22-9-7-20(8-10-22)19-5-3-2-4-6-19/h2-18H,1H3,(H,28,29). The van der Waals surface area contributed by atoms with E-state index in [1.807, 2.05) is 42.5 Å². The molecule has 1 amide bonds. The minimum atomic E-state index is -0.458. The van der Waals surface area contributed by atoms with Crippen LogP contribution in [0.1, 0.15) is 20.7 Å². The summed E-state index contributed by atoms with van der Waals surface area (Å²) in [5.74, 6) is 0.358. The molecule has 5 nitrogen and oxygen atoms in total. The average Bonchev–Trinajstić information content (AvgIpc) is 2.85. The van der Waals surface area contributed by atoms with Crippen molar-refractivity contribution in [1.29, 1.82) is 0 Å². The van der Waals surface area contributed by atoms with Crippen LogP contribution in [0.4, 0.5) is 5.69 Å². The number of carbonyl (C=O) groups is 2. The SMILES string of the molecule is COc1ccc(NC(=O)c2ccc(OC(=O)c3ccc(-c4ccccc4)cc3)cc2)cc1. The molecule has 32 heavy (non-hydrogen) atoms. The van der Waals surface area contributed by atoms with E-state index in [0.29, 0.717) is 28.3 Å². The largest absolute Gasteiger partial charge is 0.497 e. The van der Waals surface area contributed by atoms with Crippen LogP contribution in [0.3, 0.4) is 0 Å². The Morgan fingerprint density at radius 1 is 0.625 bits per heavy atom. The number of methoxy groups -OCH3 is 1. The van der Waals surface area contributed by atoms with Crippen LogP contribution in [0.5, 0.6) is 11.5 Å². The second kappa shape index (κ2) is 9.62. The van der Waals surface area contributed by atoms with Gasteiger partial charge in [-0.2, -0.15) is 0 Å². The van der Waals surface area contributed by atoms with Gasteiger partial charge < -0.3 is 14.8 Å². The molecular formula is C27H21NO4. The fraction of sp³-hybridized carbons (Fsp3) is 0.0370. The molecule has 4 aromatic carbocycles. The third kappa shape index (κ3) is 5.02. The van der Waals surface area contributed by atoms with Gasteiger partial charge in [0.05, 0.1) is 12.7 Å². The third-order valence-electron chi connectivity index (χ3n) is 4.90. The lowest BCUT2D eigenvalue weighted by atomic mass is 10.0.